The molecule has 3 nitrogen and oxygen atoms in total. The third kappa shape index (κ3) is 1.35. The van der Waals surface area contributed by atoms with Gasteiger partial charge in [0, 0.05) is 0 Å². The van der Waals surface area contributed by atoms with E-state index in [1.54, 1.807) is 0 Å². The third-order valence-corrected chi connectivity index (χ3v) is 2.57. The van der Waals surface area contributed by atoms with Crippen LogP contribution in [-0.2, 0) is 10.4 Å². The molecule has 2 N–H and O–H groups in total. The second-order valence-electron chi connectivity index (χ2n) is 3.50. The first kappa shape index (κ1) is 8.69. The Balaban J connectivity index is 2.34. The van der Waals surface area contributed by atoms with Gasteiger partial charge in [0.1, 0.15) is 6.10 Å². The fraction of sp³-hybridized carbons (Fsp3) is 0.400. The highest BCUT2D eigenvalue weighted by molar-refractivity contribution is 5.25. The molecule has 1 aromatic carbocycles. The Morgan fingerprint density at radius 2 is 2.15 bits per heavy atom. The van der Waals surface area contributed by atoms with Crippen molar-refractivity contribution in [2.24, 2.45) is 0 Å². The van der Waals surface area contributed by atoms with Gasteiger partial charge in [-0.15, -0.1) is 0 Å². The number of benzene rings is 1. The van der Waals surface area contributed by atoms with Crippen molar-refractivity contribution < 1.29 is 9.94 Å². The van der Waals surface area contributed by atoms with Gasteiger partial charge in [-0.05, 0) is 12.5 Å². The normalized spacial score (nSPS) is 33.5. The van der Waals surface area contributed by atoms with Crippen LogP contribution in [0.5, 0.6) is 0 Å². The lowest BCUT2D eigenvalue weighted by Gasteiger charge is -2.26. The predicted octanol–water partition coefficient (Wildman–Crippen LogP) is 0.798. The van der Waals surface area contributed by atoms with Crippen LogP contribution in [0.15, 0.2) is 30.3 Å². The van der Waals surface area contributed by atoms with Crippen molar-refractivity contribution in [1.82, 2.24) is 5.48 Å². The van der Waals surface area contributed by atoms with E-state index in [1.807, 2.05) is 37.3 Å². The van der Waals surface area contributed by atoms with Gasteiger partial charge in [0.25, 0.3) is 0 Å². The largest absolute Gasteiger partial charge is 0.388 e. The molecule has 0 bridgehead atoms. The van der Waals surface area contributed by atoms with E-state index in [9.17, 15) is 5.11 Å². The molecule has 1 saturated heterocycles. The Kier molecular flexibility index (Phi) is 2.07. The number of hydrogen-bond acceptors (Lipinski definition) is 3. The molecule has 70 valence electrons. The molecule has 13 heavy (non-hydrogen) atoms. The Hall–Kier alpha value is -0.900. The fourth-order valence-corrected chi connectivity index (χ4v) is 1.54. The molecule has 0 amide bonds. The molecule has 1 aromatic rings. The summed E-state index contributed by atoms with van der Waals surface area (Å²) in [6.07, 6.45) is -0.491. The van der Waals surface area contributed by atoms with Gasteiger partial charge in [0.2, 0.25) is 0 Å². The van der Waals surface area contributed by atoms with Gasteiger partial charge < -0.3 is 5.11 Å². The lowest BCUT2D eigenvalue weighted by molar-refractivity contribution is 0.0653. The van der Waals surface area contributed by atoms with E-state index < -0.39 is 11.6 Å². The molecule has 1 fully saturated rings. The van der Waals surface area contributed by atoms with E-state index in [2.05, 4.69) is 5.48 Å². The highest BCUT2D eigenvalue weighted by Crippen LogP contribution is 2.28. The summed E-state index contributed by atoms with van der Waals surface area (Å²) >= 11 is 0. The minimum atomic E-state index is -0.491. The third-order valence-electron chi connectivity index (χ3n) is 2.57. The number of hydrogen-bond donors (Lipinski definition) is 2. The van der Waals surface area contributed by atoms with Crippen molar-refractivity contribution in [3.05, 3.63) is 35.9 Å². The van der Waals surface area contributed by atoms with Crippen LogP contribution in [0.25, 0.3) is 0 Å². The molecule has 1 aliphatic heterocycles. The zero-order valence-electron chi connectivity index (χ0n) is 7.53. The molecule has 0 radical (unpaired) electrons. The van der Waals surface area contributed by atoms with Crippen LogP contribution in [0.3, 0.4) is 0 Å². The van der Waals surface area contributed by atoms with E-state index in [1.165, 1.54) is 0 Å². The van der Waals surface area contributed by atoms with E-state index in [-0.39, 0.29) is 0 Å². The van der Waals surface area contributed by atoms with Gasteiger partial charge in [-0.25, -0.2) is 0 Å². The summed E-state index contributed by atoms with van der Waals surface area (Å²) in [7, 11) is 0. The zero-order chi connectivity index (χ0) is 9.31. The monoisotopic (exact) mass is 179 g/mol. The standard InChI is InChI=1S/C10H13NO2/c1-10(9(12)7-13-11-10)8-5-3-2-4-6-8/h2-6,9,11-12H,7H2,1H3/t9-,10?/m1/s1. The first-order chi connectivity index (χ1) is 6.23. The van der Waals surface area contributed by atoms with E-state index >= 15 is 0 Å². The summed E-state index contributed by atoms with van der Waals surface area (Å²) in [5.41, 5.74) is 3.42. The van der Waals surface area contributed by atoms with E-state index in [0.29, 0.717) is 6.61 Å². The molecule has 0 aliphatic carbocycles. The van der Waals surface area contributed by atoms with E-state index in [4.69, 9.17) is 4.84 Å². The lowest BCUT2D eigenvalue weighted by atomic mass is 9.88. The Morgan fingerprint density at radius 3 is 2.69 bits per heavy atom. The molecule has 2 rings (SSSR count). The smallest absolute Gasteiger partial charge is 0.104 e. The summed E-state index contributed by atoms with van der Waals surface area (Å²) in [5.74, 6) is 0. The van der Waals surface area contributed by atoms with Gasteiger partial charge in [-0.3, -0.25) is 4.84 Å². The number of rotatable bonds is 1. The van der Waals surface area contributed by atoms with Crippen molar-refractivity contribution >= 4 is 0 Å². The van der Waals surface area contributed by atoms with Crippen molar-refractivity contribution in [3.63, 3.8) is 0 Å². The summed E-state index contributed by atoms with van der Waals surface area (Å²) < 4.78 is 0. The quantitative estimate of drug-likeness (QED) is 0.670. The van der Waals surface area contributed by atoms with Gasteiger partial charge >= 0.3 is 0 Å². The molecule has 1 aliphatic rings. The molecule has 0 saturated carbocycles. The fourth-order valence-electron chi connectivity index (χ4n) is 1.54. The Bertz CT molecular complexity index is 288. The van der Waals surface area contributed by atoms with Crippen molar-refractivity contribution in [2.75, 3.05) is 6.61 Å². The van der Waals surface area contributed by atoms with E-state index in [0.717, 1.165) is 5.56 Å². The summed E-state index contributed by atoms with van der Waals surface area (Å²) in [4.78, 5) is 5.03. The van der Waals surface area contributed by atoms with Crippen molar-refractivity contribution in [2.45, 2.75) is 18.6 Å². The SMILES string of the molecule is CC1(c2ccccc2)NOC[C@H]1O. The average molecular weight is 179 g/mol. The van der Waals surface area contributed by atoms with Crippen LogP contribution in [-0.4, -0.2) is 17.8 Å². The highest BCUT2D eigenvalue weighted by atomic mass is 16.7. The Labute approximate surface area is 77.3 Å². The first-order valence-electron chi connectivity index (χ1n) is 4.36. The number of hydroxylamine groups is 1. The van der Waals surface area contributed by atoms with Crippen LogP contribution in [0.1, 0.15) is 12.5 Å². The molecule has 2 atom stereocenters. The second kappa shape index (κ2) is 3.10. The molecule has 1 unspecified atom stereocenters. The summed E-state index contributed by atoms with van der Waals surface area (Å²) in [6, 6.07) is 9.81. The van der Waals surface area contributed by atoms with Gasteiger partial charge in [0.15, 0.2) is 0 Å². The molecular weight excluding hydrogens is 166 g/mol. The van der Waals surface area contributed by atoms with Crippen LogP contribution in [0.4, 0.5) is 0 Å². The maximum atomic E-state index is 9.71. The first-order valence-corrected chi connectivity index (χ1v) is 4.36. The molecule has 3 heteroatoms. The topological polar surface area (TPSA) is 41.5 Å². The van der Waals surface area contributed by atoms with Gasteiger partial charge in [-0.1, -0.05) is 30.3 Å². The van der Waals surface area contributed by atoms with Crippen molar-refractivity contribution in [1.29, 1.82) is 0 Å². The van der Waals surface area contributed by atoms with Gasteiger partial charge in [0.05, 0.1) is 12.1 Å². The van der Waals surface area contributed by atoms with Crippen molar-refractivity contribution in [3.8, 4) is 0 Å². The predicted molar refractivity (Wildman–Crippen MR) is 48.9 cm³/mol. The lowest BCUT2D eigenvalue weighted by Crippen LogP contribution is -2.41. The minimum absolute atomic E-state index is 0.339. The minimum Gasteiger partial charge on any atom is -0.388 e. The summed E-state index contributed by atoms with van der Waals surface area (Å²) in [6.45, 7) is 2.27. The van der Waals surface area contributed by atoms with Crippen LogP contribution in [0.2, 0.25) is 0 Å². The average Bonchev–Trinajstić information content (AvgIpc) is 2.50. The van der Waals surface area contributed by atoms with Gasteiger partial charge in [-0.2, -0.15) is 5.48 Å². The Morgan fingerprint density at radius 1 is 1.46 bits per heavy atom. The molecular formula is C10H13NO2. The molecule has 1 heterocycles. The molecule has 0 aromatic heterocycles. The maximum Gasteiger partial charge on any atom is 0.104 e. The number of nitrogens with one attached hydrogen (secondary N) is 1. The second-order valence-corrected chi connectivity index (χ2v) is 3.50. The maximum absolute atomic E-state index is 9.71. The molecule has 0 spiro atoms. The zero-order valence-corrected chi connectivity index (χ0v) is 7.53. The van der Waals surface area contributed by atoms with Crippen LogP contribution in [0, 0.1) is 0 Å². The number of aliphatic hydroxyl groups is 1. The number of aliphatic hydroxyl groups excluding tert-OH is 1. The van der Waals surface area contributed by atoms with Crippen LogP contribution < -0.4 is 5.48 Å². The highest BCUT2D eigenvalue weighted by Gasteiger charge is 2.40. The van der Waals surface area contributed by atoms with Crippen LogP contribution >= 0.6 is 0 Å². The summed E-state index contributed by atoms with van der Waals surface area (Å²) in [5, 5.41) is 9.71.